The van der Waals surface area contributed by atoms with E-state index in [0.717, 1.165) is 11.1 Å². The number of nitrogens with two attached hydrogens (primary N) is 1. The van der Waals surface area contributed by atoms with Crippen LogP contribution in [0.3, 0.4) is 0 Å². The van der Waals surface area contributed by atoms with Gasteiger partial charge in [-0.05, 0) is 76.1 Å². The van der Waals surface area contributed by atoms with Crippen molar-refractivity contribution in [2.45, 2.75) is 58.3 Å². The minimum atomic E-state index is -0.406. The minimum absolute atomic E-state index is 0.170. The van der Waals surface area contributed by atoms with E-state index in [4.69, 9.17) is 5.73 Å². The molecule has 1 aliphatic rings. The molecule has 2 aromatic carbocycles. The molecule has 2 aromatic rings. The van der Waals surface area contributed by atoms with Gasteiger partial charge in [-0.2, -0.15) is 0 Å². The fourth-order valence-corrected chi connectivity index (χ4v) is 4.04. The Labute approximate surface area is 157 Å². The van der Waals surface area contributed by atoms with E-state index in [9.17, 15) is 4.79 Å². The van der Waals surface area contributed by atoms with Gasteiger partial charge in [-0.1, -0.05) is 58.5 Å². The molecule has 2 N–H and O–H groups in total. The second kappa shape index (κ2) is 6.12. The Bertz CT molecular complexity index is 885. The summed E-state index contributed by atoms with van der Waals surface area (Å²) in [6.07, 6.45) is 2.40. The molecule has 0 heterocycles. The average molecular weight is 348 g/mol. The number of primary amides is 1. The summed E-state index contributed by atoms with van der Waals surface area (Å²) < 4.78 is 0. The monoisotopic (exact) mass is 347 g/mol. The largest absolute Gasteiger partial charge is 0.366 e. The lowest BCUT2D eigenvalue weighted by Crippen LogP contribution is -2.34. The summed E-state index contributed by atoms with van der Waals surface area (Å²) in [5.41, 5.74) is 13.6. The quantitative estimate of drug-likeness (QED) is 0.782. The van der Waals surface area contributed by atoms with Crippen LogP contribution in [0.5, 0.6) is 0 Å². The summed E-state index contributed by atoms with van der Waals surface area (Å²) in [5.74, 6) is -0.406. The molecule has 0 bridgehead atoms. The van der Waals surface area contributed by atoms with Gasteiger partial charge >= 0.3 is 0 Å². The predicted molar refractivity (Wildman–Crippen MR) is 110 cm³/mol. The van der Waals surface area contributed by atoms with E-state index < -0.39 is 5.91 Å². The molecule has 0 fully saturated rings. The van der Waals surface area contributed by atoms with Crippen LogP contribution in [0.15, 0.2) is 43.0 Å². The van der Waals surface area contributed by atoms with Gasteiger partial charge in [0.25, 0.3) is 0 Å². The van der Waals surface area contributed by atoms with Gasteiger partial charge in [0.1, 0.15) is 0 Å². The normalized spacial score (nSPS) is 17.4. The molecular weight excluding hydrogens is 318 g/mol. The van der Waals surface area contributed by atoms with Crippen molar-refractivity contribution in [1.29, 1.82) is 0 Å². The van der Waals surface area contributed by atoms with E-state index in [1.54, 1.807) is 12.1 Å². The number of benzene rings is 2. The zero-order chi connectivity index (χ0) is 19.3. The van der Waals surface area contributed by atoms with E-state index in [2.05, 4.69) is 53.3 Å². The van der Waals surface area contributed by atoms with Crippen LogP contribution in [-0.2, 0) is 10.8 Å². The molecule has 0 aromatic heterocycles. The van der Waals surface area contributed by atoms with Crippen molar-refractivity contribution in [2.24, 2.45) is 5.73 Å². The second-order valence-corrected chi connectivity index (χ2v) is 8.90. The van der Waals surface area contributed by atoms with E-state index in [0.29, 0.717) is 5.56 Å². The fourth-order valence-electron chi connectivity index (χ4n) is 4.04. The first-order valence-corrected chi connectivity index (χ1v) is 9.28. The Kier molecular flexibility index (Phi) is 4.34. The van der Waals surface area contributed by atoms with Crippen LogP contribution in [0, 0.1) is 6.92 Å². The molecule has 0 saturated carbocycles. The summed E-state index contributed by atoms with van der Waals surface area (Å²) in [6, 6.07) is 12.1. The Morgan fingerprint density at radius 1 is 0.923 bits per heavy atom. The van der Waals surface area contributed by atoms with Gasteiger partial charge in [0, 0.05) is 5.56 Å². The summed E-state index contributed by atoms with van der Waals surface area (Å²) in [5, 5.41) is 0. The lowest BCUT2D eigenvalue weighted by Gasteiger charge is -2.42. The molecule has 0 spiro atoms. The Morgan fingerprint density at radius 3 is 1.88 bits per heavy atom. The van der Waals surface area contributed by atoms with Crippen LogP contribution >= 0.6 is 0 Å². The average Bonchev–Trinajstić information content (AvgIpc) is 2.58. The van der Waals surface area contributed by atoms with E-state index in [-0.39, 0.29) is 10.8 Å². The third-order valence-electron chi connectivity index (χ3n) is 6.04. The number of amides is 1. The van der Waals surface area contributed by atoms with Crippen molar-refractivity contribution in [3.8, 4) is 0 Å². The molecule has 0 saturated heterocycles. The Hall–Kier alpha value is -2.35. The topological polar surface area (TPSA) is 43.1 Å². The van der Waals surface area contributed by atoms with Gasteiger partial charge in [-0.15, -0.1) is 0 Å². The van der Waals surface area contributed by atoms with Gasteiger partial charge in [0.05, 0.1) is 0 Å². The highest BCUT2D eigenvalue weighted by Crippen LogP contribution is 2.47. The SMILES string of the molecule is C=C(c1ccc(C(N)=O)cc1)c1cc2c(cc1C)C(C)(C)CCC2(C)C. The molecule has 26 heavy (non-hydrogen) atoms. The molecule has 0 unspecified atom stereocenters. The maximum atomic E-state index is 11.3. The van der Waals surface area contributed by atoms with Gasteiger partial charge < -0.3 is 5.73 Å². The smallest absolute Gasteiger partial charge is 0.248 e. The number of hydrogen-bond donors (Lipinski definition) is 1. The maximum absolute atomic E-state index is 11.3. The van der Waals surface area contributed by atoms with Crippen molar-refractivity contribution >= 4 is 11.5 Å². The first kappa shape index (κ1) is 18.4. The van der Waals surface area contributed by atoms with Crippen molar-refractivity contribution in [1.82, 2.24) is 0 Å². The van der Waals surface area contributed by atoms with Crippen LogP contribution in [0.2, 0.25) is 0 Å². The molecule has 0 radical (unpaired) electrons. The number of rotatable bonds is 3. The first-order chi connectivity index (χ1) is 12.0. The number of fused-ring (bicyclic) bond motifs is 1. The minimum Gasteiger partial charge on any atom is -0.366 e. The highest BCUT2D eigenvalue weighted by Gasteiger charge is 2.37. The molecule has 2 heteroatoms. The van der Waals surface area contributed by atoms with Crippen LogP contribution in [-0.4, -0.2) is 5.91 Å². The molecular formula is C24H29NO. The molecule has 136 valence electrons. The van der Waals surface area contributed by atoms with Gasteiger partial charge in [-0.25, -0.2) is 0 Å². The zero-order valence-corrected chi connectivity index (χ0v) is 16.6. The van der Waals surface area contributed by atoms with Gasteiger partial charge in [0.15, 0.2) is 0 Å². The highest BCUT2D eigenvalue weighted by atomic mass is 16.1. The molecule has 1 aliphatic carbocycles. The number of hydrogen-bond acceptors (Lipinski definition) is 1. The van der Waals surface area contributed by atoms with Gasteiger partial charge in [0.2, 0.25) is 5.91 Å². The van der Waals surface area contributed by atoms with E-state index >= 15 is 0 Å². The first-order valence-electron chi connectivity index (χ1n) is 9.28. The van der Waals surface area contributed by atoms with Crippen molar-refractivity contribution in [3.63, 3.8) is 0 Å². The van der Waals surface area contributed by atoms with Gasteiger partial charge in [-0.3, -0.25) is 4.79 Å². The Balaban J connectivity index is 2.09. The van der Waals surface area contributed by atoms with Crippen LogP contribution in [0.1, 0.15) is 78.7 Å². The summed E-state index contributed by atoms with van der Waals surface area (Å²) in [4.78, 5) is 11.3. The standard InChI is InChI=1S/C24H29NO/c1-15-13-20-21(24(5,6)12-11-23(20,3)4)14-19(15)16(2)17-7-9-18(10-8-17)22(25)26/h7-10,13-14H,2,11-12H2,1,3-6H3,(H2,25,26). The fraction of sp³-hybridized carbons (Fsp3) is 0.375. The summed E-state index contributed by atoms with van der Waals surface area (Å²) >= 11 is 0. The third-order valence-corrected chi connectivity index (χ3v) is 6.04. The molecule has 0 aliphatic heterocycles. The zero-order valence-electron chi connectivity index (χ0n) is 16.6. The van der Waals surface area contributed by atoms with Crippen LogP contribution in [0.4, 0.5) is 0 Å². The van der Waals surface area contributed by atoms with Crippen LogP contribution < -0.4 is 5.73 Å². The third kappa shape index (κ3) is 3.09. The molecule has 0 atom stereocenters. The van der Waals surface area contributed by atoms with Crippen molar-refractivity contribution in [3.05, 3.63) is 76.4 Å². The highest BCUT2D eigenvalue weighted by molar-refractivity contribution is 5.93. The molecule has 1 amide bonds. The predicted octanol–water partition coefficient (Wildman–Crippen LogP) is 5.50. The summed E-state index contributed by atoms with van der Waals surface area (Å²) in [7, 11) is 0. The van der Waals surface area contributed by atoms with Crippen molar-refractivity contribution in [2.75, 3.05) is 0 Å². The lowest BCUT2D eigenvalue weighted by atomic mass is 9.62. The van der Waals surface area contributed by atoms with Crippen molar-refractivity contribution < 1.29 is 4.79 Å². The van der Waals surface area contributed by atoms with E-state index in [1.165, 1.54) is 35.1 Å². The molecule has 3 rings (SSSR count). The van der Waals surface area contributed by atoms with E-state index in [1.807, 2.05) is 12.1 Å². The number of carbonyl (C=O) groups excluding carboxylic acids is 1. The Morgan fingerprint density at radius 2 is 1.38 bits per heavy atom. The van der Waals surface area contributed by atoms with Crippen LogP contribution in [0.25, 0.3) is 5.57 Å². The number of carbonyl (C=O) groups is 1. The lowest BCUT2D eigenvalue weighted by molar-refractivity contribution is 0.100. The maximum Gasteiger partial charge on any atom is 0.248 e. The number of aryl methyl sites for hydroxylation is 1. The molecule has 2 nitrogen and oxygen atoms in total. The second-order valence-electron chi connectivity index (χ2n) is 8.90. The summed E-state index contributed by atoms with van der Waals surface area (Å²) in [6.45, 7) is 15.9.